The molecule has 0 bridgehead atoms. The molecule has 122 heavy (non-hydrogen) atoms. The van der Waals surface area contributed by atoms with Crippen molar-refractivity contribution in [2.24, 2.45) is 0 Å². The highest BCUT2D eigenvalue weighted by Crippen LogP contribution is 2.44. The van der Waals surface area contributed by atoms with Gasteiger partial charge in [-0.05, 0) is 279 Å². The minimum absolute atomic E-state index is 0.455. The number of para-hydroxylation sites is 12. The summed E-state index contributed by atoms with van der Waals surface area (Å²) >= 11 is 3.58. The zero-order valence-electron chi connectivity index (χ0n) is 66.7. The van der Waals surface area contributed by atoms with Crippen LogP contribution in [0.15, 0.2) is 407 Å². The highest BCUT2D eigenvalue weighted by molar-refractivity contribution is 9.10. The SMILES string of the molecule is Brc1ccc2oc3ccc(-c4ccc(N(c5ccccc5)c5ccccc5)cc4)cc3c2c1.CC1(C)OB(c2cc(-c3nc4ccccc4o3)cc(-c3nc4ccccc4o3)c2)OC1(C)C.c1ccc(N(c2ccccc2)c2ccc(-c3ccc4oc5ccc(-c6cc(-c7nc8ccccc8o7)cc(-c7nc8ccccc8o7)c6)cc5c4c3)cc2)cc1. The number of aromatic nitrogens is 4. The molecule has 0 amide bonds. The molecule has 14 nitrogen and oxygen atoms in total. The van der Waals surface area contributed by atoms with Crippen molar-refractivity contribution >= 4 is 151 Å². The van der Waals surface area contributed by atoms with Crippen molar-refractivity contribution < 1.29 is 35.8 Å². The lowest BCUT2D eigenvalue weighted by Gasteiger charge is -2.32. The Labute approximate surface area is 710 Å². The maximum atomic E-state index is 6.38. The molecule has 16 heteroatoms. The van der Waals surface area contributed by atoms with Gasteiger partial charge in [-0.3, -0.25) is 0 Å². The second-order valence-corrected chi connectivity index (χ2v) is 32.2. The first-order chi connectivity index (χ1) is 59.7. The Morgan fingerprint density at radius 3 is 0.820 bits per heavy atom. The molecule has 23 rings (SSSR count). The second-order valence-electron chi connectivity index (χ2n) is 31.3. The summed E-state index contributed by atoms with van der Waals surface area (Å²) < 4.78 is 50.7. The smallest absolute Gasteiger partial charge is 0.456 e. The Kier molecular flexibility index (Phi) is 19.0. The summed E-state index contributed by atoms with van der Waals surface area (Å²) in [6.45, 7) is 8.16. The number of fused-ring (bicyclic) bond motifs is 10. The zero-order valence-corrected chi connectivity index (χ0v) is 68.3. The van der Waals surface area contributed by atoms with Gasteiger partial charge in [-0.25, -0.2) is 19.9 Å². The van der Waals surface area contributed by atoms with E-state index in [9.17, 15) is 0 Å². The van der Waals surface area contributed by atoms with Gasteiger partial charge in [-0.2, -0.15) is 0 Å². The molecule has 1 fully saturated rings. The zero-order chi connectivity index (χ0) is 82.0. The van der Waals surface area contributed by atoms with Crippen molar-refractivity contribution in [3.05, 3.63) is 381 Å². The Morgan fingerprint density at radius 2 is 0.492 bits per heavy atom. The number of anilines is 6. The fraction of sp³-hybridized carbons (Fsp3) is 0.0566. The van der Waals surface area contributed by atoms with E-state index in [-0.39, 0.29) is 0 Å². The number of benzene rings is 16. The molecule has 0 spiro atoms. The number of furan rings is 2. The van der Waals surface area contributed by atoms with Gasteiger partial charge in [-0.15, -0.1) is 0 Å². The Morgan fingerprint density at radius 1 is 0.230 bits per heavy atom. The van der Waals surface area contributed by atoms with Crippen molar-refractivity contribution in [2.75, 3.05) is 9.80 Å². The maximum Gasteiger partial charge on any atom is 0.494 e. The quantitative estimate of drug-likeness (QED) is 0.0948. The normalized spacial score (nSPS) is 13.0. The van der Waals surface area contributed by atoms with Gasteiger partial charge in [-0.1, -0.05) is 180 Å². The van der Waals surface area contributed by atoms with Gasteiger partial charge in [0.1, 0.15) is 44.4 Å². The van der Waals surface area contributed by atoms with E-state index in [0.717, 1.165) is 177 Å². The fourth-order valence-electron chi connectivity index (χ4n) is 15.9. The third kappa shape index (κ3) is 14.5. The number of rotatable bonds is 14. The van der Waals surface area contributed by atoms with Gasteiger partial charge >= 0.3 is 7.12 Å². The average Bonchev–Trinajstić information content (AvgIpc) is 1.61. The topological polar surface area (TPSA) is 155 Å². The van der Waals surface area contributed by atoms with E-state index >= 15 is 0 Å². The predicted molar refractivity (Wildman–Crippen MR) is 495 cm³/mol. The molecule has 586 valence electrons. The van der Waals surface area contributed by atoms with Crippen molar-refractivity contribution in [3.63, 3.8) is 0 Å². The molecule has 1 saturated heterocycles. The number of oxazole rings is 4. The molecule has 7 heterocycles. The van der Waals surface area contributed by atoms with E-state index in [4.69, 9.17) is 45.8 Å². The molecule has 22 aromatic rings. The molecule has 16 aromatic carbocycles. The lowest BCUT2D eigenvalue weighted by molar-refractivity contribution is 0.00578. The Hall–Kier alpha value is -14.9. The van der Waals surface area contributed by atoms with Crippen molar-refractivity contribution in [2.45, 2.75) is 38.9 Å². The van der Waals surface area contributed by atoms with Crippen LogP contribution in [0.2, 0.25) is 0 Å². The molecule has 0 saturated carbocycles. The monoisotopic (exact) mass is 1650 g/mol. The van der Waals surface area contributed by atoms with Crippen molar-refractivity contribution in [1.29, 1.82) is 0 Å². The van der Waals surface area contributed by atoms with E-state index in [0.29, 0.717) is 23.6 Å². The molecular formula is C106H74BBrN6O8. The molecule has 6 aromatic heterocycles. The number of halogens is 1. The van der Waals surface area contributed by atoms with Crippen LogP contribution in [-0.4, -0.2) is 38.3 Å². The number of nitrogens with zero attached hydrogens (tertiary/aromatic N) is 6. The van der Waals surface area contributed by atoms with Gasteiger partial charge in [0.15, 0.2) is 22.3 Å². The van der Waals surface area contributed by atoms with Crippen LogP contribution in [-0.2, 0) is 9.31 Å². The van der Waals surface area contributed by atoms with E-state index in [1.807, 2.05) is 191 Å². The van der Waals surface area contributed by atoms with E-state index in [2.05, 4.69) is 248 Å². The summed E-state index contributed by atoms with van der Waals surface area (Å²) in [6.07, 6.45) is 0. The van der Waals surface area contributed by atoms with Crippen LogP contribution in [0.25, 0.3) is 167 Å². The highest BCUT2D eigenvalue weighted by atomic mass is 79.9. The molecule has 0 unspecified atom stereocenters. The van der Waals surface area contributed by atoms with Crippen LogP contribution < -0.4 is 15.3 Å². The summed E-state index contributed by atoms with van der Waals surface area (Å²) in [5, 5.41) is 4.33. The lowest BCUT2D eigenvalue weighted by Crippen LogP contribution is -2.41. The Bertz CT molecular complexity index is 7220. The highest BCUT2D eigenvalue weighted by Gasteiger charge is 2.52. The minimum Gasteiger partial charge on any atom is -0.456 e. The number of hydrogen-bond acceptors (Lipinski definition) is 14. The minimum atomic E-state index is -0.539. The van der Waals surface area contributed by atoms with E-state index in [1.165, 1.54) is 11.1 Å². The van der Waals surface area contributed by atoms with Gasteiger partial charge in [0.2, 0.25) is 23.6 Å². The standard InChI is InChI=1S/C50H31N3O3.C30H20BrNO.C26H23BN2O4/c1-3-11-38(12-4-1)53(39-13-5-2-6-14-39)40-23-19-32(20-24-40)33-21-25-45-41(30-33)42-31-34(22-26-46(42)54-45)35-27-36(49-51-43-15-7-9-17-47(43)55-49)29-37(28-35)50-52-44-16-8-10-18-48(44)56-50;31-23-14-18-30-28(20-23)27-19-22(13-17-29(27)33-30)21-11-15-26(16-12-21)32(24-7-3-1-4-8-24)25-9-5-2-6-10-25;1-25(2)26(3,4)33-27(32-25)18-14-16(23-28-19-9-5-7-11-21(19)30-23)13-17(15-18)24-29-20-10-6-8-12-22(20)31-24/h1-31H;1-20H;5-15H,1-4H3. The van der Waals surface area contributed by atoms with Gasteiger partial charge in [0.05, 0.1) is 11.2 Å². The molecule has 0 radical (unpaired) electrons. The van der Waals surface area contributed by atoms with E-state index in [1.54, 1.807) is 0 Å². The predicted octanol–water partition coefficient (Wildman–Crippen LogP) is 29.1. The van der Waals surface area contributed by atoms with Crippen LogP contribution in [0.5, 0.6) is 0 Å². The maximum absolute atomic E-state index is 6.38. The summed E-state index contributed by atoms with van der Waals surface area (Å²) in [7, 11) is -0.539. The lowest BCUT2D eigenvalue weighted by atomic mass is 9.77. The summed E-state index contributed by atoms with van der Waals surface area (Å²) in [5.41, 5.74) is 26.1. The Balaban J connectivity index is 0.000000120. The average molecular weight is 1650 g/mol. The number of hydrogen-bond donors (Lipinski definition) is 0. The van der Waals surface area contributed by atoms with E-state index < -0.39 is 18.3 Å². The molecular weight excluding hydrogens is 1580 g/mol. The second kappa shape index (κ2) is 31.1. The molecule has 0 N–H and O–H groups in total. The molecule has 0 aliphatic carbocycles. The van der Waals surface area contributed by atoms with Gasteiger partial charge < -0.3 is 45.6 Å². The van der Waals surface area contributed by atoms with Crippen LogP contribution in [0.4, 0.5) is 34.1 Å². The van der Waals surface area contributed by atoms with Crippen LogP contribution in [0, 0.1) is 0 Å². The van der Waals surface area contributed by atoms with Crippen LogP contribution in [0.3, 0.4) is 0 Å². The molecule has 0 atom stereocenters. The van der Waals surface area contributed by atoms with Crippen LogP contribution >= 0.6 is 15.9 Å². The van der Waals surface area contributed by atoms with Gasteiger partial charge in [0, 0.05) is 82.4 Å². The summed E-state index contributed by atoms with van der Waals surface area (Å²) in [4.78, 5) is 23.6. The first kappa shape index (κ1) is 74.6. The summed E-state index contributed by atoms with van der Waals surface area (Å²) in [6, 6.07) is 128. The van der Waals surface area contributed by atoms with Crippen molar-refractivity contribution in [1.82, 2.24) is 19.9 Å². The molecule has 1 aliphatic heterocycles. The third-order valence-electron chi connectivity index (χ3n) is 22.8. The van der Waals surface area contributed by atoms with Crippen molar-refractivity contribution in [3.8, 4) is 79.2 Å². The third-order valence-corrected chi connectivity index (χ3v) is 23.3. The first-order valence-electron chi connectivity index (χ1n) is 40.4. The first-order valence-corrected chi connectivity index (χ1v) is 41.2. The fourth-order valence-corrected chi connectivity index (χ4v) is 16.3. The largest absolute Gasteiger partial charge is 0.494 e. The van der Waals surface area contributed by atoms with Gasteiger partial charge in [0.25, 0.3) is 0 Å². The summed E-state index contributed by atoms with van der Waals surface area (Å²) in [5.74, 6) is 2.11. The molecule has 1 aliphatic rings. The van der Waals surface area contributed by atoms with Crippen LogP contribution in [0.1, 0.15) is 27.7 Å².